The molecule has 2 rings (SSSR count). The van der Waals surface area contributed by atoms with Crippen LogP contribution in [0.25, 0.3) is 0 Å². The third kappa shape index (κ3) is 6.57. The number of hydrogen-bond acceptors (Lipinski definition) is 3. The number of carbonyl (C=O) groups is 2. The third-order valence-corrected chi connectivity index (χ3v) is 5.77. The van der Waals surface area contributed by atoms with Crippen LogP contribution >= 0.6 is 23.4 Å². The fourth-order valence-electron chi connectivity index (χ4n) is 2.91. The summed E-state index contributed by atoms with van der Waals surface area (Å²) in [6.45, 7) is 4.36. The van der Waals surface area contributed by atoms with Gasteiger partial charge >= 0.3 is 0 Å². The second-order valence-corrected chi connectivity index (χ2v) is 8.20. The fraction of sp³-hybridized carbons (Fsp3) is 0.364. The number of nitrogens with zero attached hydrogens (tertiary/aromatic N) is 1. The third-order valence-electron chi connectivity index (χ3n) is 4.50. The second-order valence-electron chi connectivity index (χ2n) is 6.60. The Bertz CT molecular complexity index is 778. The predicted molar refractivity (Wildman–Crippen MR) is 117 cm³/mol. The lowest BCUT2D eigenvalue weighted by Crippen LogP contribution is -2.48. The summed E-state index contributed by atoms with van der Waals surface area (Å²) >= 11 is 7.61. The van der Waals surface area contributed by atoms with Crippen LogP contribution in [0, 0.1) is 6.92 Å². The zero-order valence-corrected chi connectivity index (χ0v) is 18.1. The fourth-order valence-corrected chi connectivity index (χ4v) is 3.87. The van der Waals surface area contributed by atoms with E-state index in [-0.39, 0.29) is 11.8 Å². The molecule has 0 aliphatic rings. The van der Waals surface area contributed by atoms with Crippen molar-refractivity contribution in [2.75, 3.05) is 12.8 Å². The lowest BCUT2D eigenvalue weighted by Gasteiger charge is -2.30. The van der Waals surface area contributed by atoms with Crippen LogP contribution < -0.4 is 5.32 Å². The minimum absolute atomic E-state index is 0.0231. The van der Waals surface area contributed by atoms with E-state index in [1.807, 2.05) is 19.1 Å². The van der Waals surface area contributed by atoms with Crippen LogP contribution in [0.1, 0.15) is 30.9 Å². The quantitative estimate of drug-likeness (QED) is 0.601. The zero-order valence-electron chi connectivity index (χ0n) is 16.6. The van der Waals surface area contributed by atoms with E-state index in [1.165, 1.54) is 5.56 Å². The topological polar surface area (TPSA) is 49.4 Å². The number of likely N-dealkylation sites (N-methyl/N-ethyl adjacent to an activating group) is 1. The first-order valence-corrected chi connectivity index (χ1v) is 10.8. The Morgan fingerprint density at radius 1 is 1.11 bits per heavy atom. The summed E-state index contributed by atoms with van der Waals surface area (Å²) in [5.41, 5.74) is 2.16. The number of thioether (sulfide) groups is 1. The summed E-state index contributed by atoms with van der Waals surface area (Å²) in [7, 11) is 1.60. The lowest BCUT2D eigenvalue weighted by molar-refractivity contribution is -0.140. The molecule has 0 heterocycles. The molecule has 4 nitrogen and oxygen atoms in total. The molecule has 1 N–H and O–H groups in total. The smallest absolute Gasteiger partial charge is 0.242 e. The van der Waals surface area contributed by atoms with Crippen molar-refractivity contribution in [3.63, 3.8) is 0 Å². The maximum absolute atomic E-state index is 13.0. The molecule has 0 aliphatic carbocycles. The molecular weight excluding hydrogens is 392 g/mol. The first-order chi connectivity index (χ1) is 13.4. The minimum Gasteiger partial charge on any atom is -0.357 e. The molecule has 2 amide bonds. The normalized spacial score (nSPS) is 11.7. The Kier molecular flexibility index (Phi) is 8.87. The van der Waals surface area contributed by atoms with Crippen molar-refractivity contribution >= 4 is 35.2 Å². The van der Waals surface area contributed by atoms with Crippen molar-refractivity contribution in [3.8, 4) is 0 Å². The van der Waals surface area contributed by atoms with Gasteiger partial charge in [0.25, 0.3) is 0 Å². The summed E-state index contributed by atoms with van der Waals surface area (Å²) in [5.74, 6) is 0.504. The Hall–Kier alpha value is -1.98. The van der Waals surface area contributed by atoms with E-state index >= 15 is 0 Å². The number of rotatable bonds is 9. The molecule has 1 atom stereocenters. The van der Waals surface area contributed by atoms with Gasteiger partial charge in [-0.05, 0) is 43.2 Å². The van der Waals surface area contributed by atoms with Gasteiger partial charge < -0.3 is 10.2 Å². The van der Waals surface area contributed by atoms with Gasteiger partial charge in [0.2, 0.25) is 11.8 Å². The summed E-state index contributed by atoms with van der Waals surface area (Å²) in [4.78, 5) is 28.1. The average molecular weight is 419 g/mol. The van der Waals surface area contributed by atoms with Crippen LogP contribution in [-0.2, 0) is 16.1 Å². The van der Waals surface area contributed by atoms with Gasteiger partial charge in [0.1, 0.15) is 6.04 Å². The molecule has 0 saturated heterocycles. The molecule has 2 aromatic carbocycles. The molecule has 0 bridgehead atoms. The first-order valence-electron chi connectivity index (χ1n) is 9.39. The van der Waals surface area contributed by atoms with Crippen molar-refractivity contribution in [1.29, 1.82) is 0 Å². The van der Waals surface area contributed by atoms with E-state index in [0.29, 0.717) is 30.2 Å². The molecule has 2 aromatic rings. The van der Waals surface area contributed by atoms with Gasteiger partial charge in [0.05, 0.1) is 0 Å². The molecule has 0 spiro atoms. The lowest BCUT2D eigenvalue weighted by atomic mass is 10.1. The minimum atomic E-state index is -0.488. The van der Waals surface area contributed by atoms with Crippen molar-refractivity contribution in [2.24, 2.45) is 0 Å². The molecule has 0 fully saturated rings. The highest BCUT2D eigenvalue weighted by atomic mass is 35.5. The number of hydrogen-bond donors (Lipinski definition) is 1. The van der Waals surface area contributed by atoms with Crippen LogP contribution in [0.4, 0.5) is 0 Å². The van der Waals surface area contributed by atoms with E-state index in [0.717, 1.165) is 10.5 Å². The van der Waals surface area contributed by atoms with Gasteiger partial charge in [0.15, 0.2) is 0 Å². The molecule has 1 unspecified atom stereocenters. The number of halogens is 1. The van der Waals surface area contributed by atoms with Crippen LogP contribution in [-0.4, -0.2) is 35.6 Å². The van der Waals surface area contributed by atoms with Gasteiger partial charge in [0, 0.05) is 35.7 Å². The van der Waals surface area contributed by atoms with Gasteiger partial charge in [-0.2, -0.15) is 0 Å². The van der Waals surface area contributed by atoms with Crippen molar-refractivity contribution in [1.82, 2.24) is 10.2 Å². The molecular formula is C22H27ClN2O2S. The van der Waals surface area contributed by atoms with Crippen LogP contribution in [0.3, 0.4) is 0 Å². The number of benzene rings is 2. The maximum atomic E-state index is 13.0. The van der Waals surface area contributed by atoms with Gasteiger partial charge in [-0.1, -0.05) is 48.4 Å². The number of aryl methyl sites for hydroxylation is 1. The standard InChI is InChI=1S/C22H27ClN2O2S/c1-4-20(22(27)24-3)25(15-17-7-9-18(23)10-8-17)21(26)13-14-28-19-11-5-16(2)6-12-19/h5-12,20H,4,13-15H2,1-3H3,(H,24,27). The maximum Gasteiger partial charge on any atom is 0.242 e. The summed E-state index contributed by atoms with van der Waals surface area (Å²) < 4.78 is 0. The SMILES string of the molecule is CCC(C(=O)NC)N(Cc1ccc(Cl)cc1)C(=O)CCSc1ccc(C)cc1. The van der Waals surface area contributed by atoms with E-state index in [1.54, 1.807) is 35.8 Å². The van der Waals surface area contributed by atoms with Crippen LogP contribution in [0.5, 0.6) is 0 Å². The number of nitrogens with one attached hydrogen (secondary N) is 1. The highest BCUT2D eigenvalue weighted by molar-refractivity contribution is 7.99. The molecule has 0 aromatic heterocycles. The second kappa shape index (κ2) is 11.1. The van der Waals surface area contributed by atoms with E-state index < -0.39 is 6.04 Å². The van der Waals surface area contributed by atoms with E-state index in [4.69, 9.17) is 11.6 Å². The predicted octanol–water partition coefficient (Wildman–Crippen LogP) is 4.68. The Labute approximate surface area is 176 Å². The van der Waals surface area contributed by atoms with Crippen LogP contribution in [0.15, 0.2) is 53.4 Å². The highest BCUT2D eigenvalue weighted by Crippen LogP contribution is 2.21. The van der Waals surface area contributed by atoms with Crippen LogP contribution in [0.2, 0.25) is 5.02 Å². The molecule has 0 radical (unpaired) electrons. The zero-order chi connectivity index (χ0) is 20.5. The summed E-state index contributed by atoms with van der Waals surface area (Å²) in [6.07, 6.45) is 0.934. The largest absolute Gasteiger partial charge is 0.357 e. The Morgan fingerprint density at radius 3 is 2.32 bits per heavy atom. The van der Waals surface area contributed by atoms with Crippen molar-refractivity contribution < 1.29 is 9.59 Å². The Balaban J connectivity index is 2.07. The summed E-state index contributed by atoms with van der Waals surface area (Å²) in [6, 6.07) is 15.1. The number of carbonyl (C=O) groups excluding carboxylic acids is 2. The van der Waals surface area contributed by atoms with Crippen molar-refractivity contribution in [2.45, 2.75) is 44.2 Å². The van der Waals surface area contributed by atoms with Gasteiger partial charge in [-0.25, -0.2) is 0 Å². The monoisotopic (exact) mass is 418 g/mol. The molecule has 6 heteroatoms. The van der Waals surface area contributed by atoms with E-state index in [9.17, 15) is 9.59 Å². The number of amides is 2. The van der Waals surface area contributed by atoms with E-state index in [2.05, 4.69) is 36.5 Å². The molecule has 28 heavy (non-hydrogen) atoms. The molecule has 150 valence electrons. The molecule has 0 saturated carbocycles. The highest BCUT2D eigenvalue weighted by Gasteiger charge is 2.27. The Morgan fingerprint density at radius 2 is 1.75 bits per heavy atom. The summed E-state index contributed by atoms with van der Waals surface area (Å²) in [5, 5.41) is 3.32. The van der Waals surface area contributed by atoms with Crippen molar-refractivity contribution in [3.05, 3.63) is 64.7 Å². The first kappa shape index (κ1) is 22.3. The van der Waals surface area contributed by atoms with Gasteiger partial charge in [-0.3, -0.25) is 9.59 Å². The van der Waals surface area contributed by atoms with Gasteiger partial charge in [-0.15, -0.1) is 11.8 Å². The average Bonchev–Trinajstić information content (AvgIpc) is 2.70. The molecule has 0 aliphatic heterocycles.